The van der Waals surface area contributed by atoms with Gasteiger partial charge in [-0.15, -0.1) is 0 Å². The Labute approximate surface area is 96.2 Å². The number of amides is 1. The van der Waals surface area contributed by atoms with E-state index in [0.29, 0.717) is 0 Å². The van der Waals surface area contributed by atoms with Crippen molar-refractivity contribution in [2.45, 2.75) is 4.90 Å². The van der Waals surface area contributed by atoms with Crippen molar-refractivity contribution < 1.29 is 9.72 Å². The van der Waals surface area contributed by atoms with Crippen LogP contribution in [-0.4, -0.2) is 17.4 Å². The summed E-state index contributed by atoms with van der Waals surface area (Å²) in [6.45, 7) is -0.778. The number of nitriles is 1. The Morgan fingerprint density at radius 3 is 2.38 bits per heavy atom. The first kappa shape index (κ1) is 13.9. The van der Waals surface area contributed by atoms with Crippen LogP contribution in [0.2, 0.25) is 0 Å². The Morgan fingerprint density at radius 1 is 1.50 bits per heavy atom. The second kappa shape index (κ2) is 8.26. The molecule has 1 aromatic carbocycles. The summed E-state index contributed by atoms with van der Waals surface area (Å²) in [4.78, 5) is 19.1. The lowest BCUT2D eigenvalue weighted by Crippen LogP contribution is -2.21. The van der Waals surface area contributed by atoms with Gasteiger partial charge >= 0.3 is 0 Å². The molecule has 0 unspecified atom stereocenters. The minimum atomic E-state index is -0.912. The van der Waals surface area contributed by atoms with Gasteiger partial charge in [0.05, 0.1) is 0 Å². The Morgan fingerprint density at radius 2 is 2.06 bits per heavy atom. The Hall–Kier alpha value is -2.07. The molecular weight excluding hydrogens is 230 g/mol. The van der Waals surface area contributed by atoms with Crippen LogP contribution in [0.4, 0.5) is 0 Å². The Bertz CT molecular complexity index is 377. The highest BCUT2D eigenvalue weighted by Crippen LogP contribution is 2.13. The zero-order chi connectivity index (χ0) is 12.4. The molecule has 16 heavy (non-hydrogen) atoms. The molecule has 7 heteroatoms. The number of hydrogen-bond donors (Lipinski definition) is 1. The molecule has 0 saturated carbocycles. The van der Waals surface area contributed by atoms with E-state index in [1.165, 1.54) is 11.8 Å². The molecule has 0 spiro atoms. The largest absolute Gasteiger partial charge is 0.364 e. The monoisotopic (exact) mass is 239 g/mol. The lowest BCUT2D eigenvalue weighted by Gasteiger charge is -1.86. The highest BCUT2D eigenvalue weighted by molar-refractivity contribution is 8.03. The third kappa shape index (κ3) is 8.52. The van der Waals surface area contributed by atoms with Gasteiger partial charge in [0.15, 0.2) is 0 Å². The highest BCUT2D eigenvalue weighted by atomic mass is 32.2. The van der Waals surface area contributed by atoms with E-state index < -0.39 is 17.4 Å². The van der Waals surface area contributed by atoms with E-state index in [2.05, 4.69) is 5.73 Å². The van der Waals surface area contributed by atoms with Crippen LogP contribution in [0.1, 0.15) is 0 Å². The predicted octanol–water partition coefficient (Wildman–Crippen LogP) is 1.01. The summed E-state index contributed by atoms with van der Waals surface area (Å²) in [5.41, 5.74) is 4.41. The fraction of sp³-hybridized carbons (Fsp3) is 0.111. The summed E-state index contributed by atoms with van der Waals surface area (Å²) in [7, 11) is 0. The van der Waals surface area contributed by atoms with E-state index in [1.54, 1.807) is 0 Å². The fourth-order valence-corrected chi connectivity index (χ4v) is 1.07. The average molecular weight is 239 g/mol. The molecular formula is C9H9N3O3S. The van der Waals surface area contributed by atoms with Crippen LogP contribution >= 0.6 is 11.8 Å². The van der Waals surface area contributed by atoms with Gasteiger partial charge in [-0.25, -0.2) is 0 Å². The van der Waals surface area contributed by atoms with Crippen LogP contribution in [0.15, 0.2) is 35.2 Å². The van der Waals surface area contributed by atoms with E-state index in [4.69, 9.17) is 5.26 Å². The molecule has 0 aliphatic rings. The minimum absolute atomic E-state index is 0.775. The van der Waals surface area contributed by atoms with Crippen LogP contribution in [-0.2, 0) is 4.79 Å². The number of rotatable bonds is 3. The van der Waals surface area contributed by atoms with Crippen molar-refractivity contribution in [2.24, 2.45) is 5.73 Å². The molecule has 0 radical (unpaired) electrons. The van der Waals surface area contributed by atoms with Crippen LogP contribution in [0.25, 0.3) is 0 Å². The summed E-state index contributed by atoms with van der Waals surface area (Å²) >= 11 is 1.18. The molecule has 84 valence electrons. The number of nitro groups is 1. The first-order chi connectivity index (χ1) is 7.56. The number of carbonyl (C=O) groups excluding carboxylic acids is 1. The number of thiocyanates is 1. The zero-order valence-corrected chi connectivity index (χ0v) is 9.02. The second-order valence-corrected chi connectivity index (χ2v) is 3.32. The molecule has 0 bridgehead atoms. The number of benzene rings is 1. The highest BCUT2D eigenvalue weighted by Gasteiger charge is 2.00. The van der Waals surface area contributed by atoms with Crippen LogP contribution in [0.5, 0.6) is 0 Å². The summed E-state index contributed by atoms with van der Waals surface area (Å²) in [5, 5.41) is 19.5. The Kier molecular flexibility index (Phi) is 7.19. The number of hydrogen-bond acceptors (Lipinski definition) is 5. The molecule has 0 aliphatic carbocycles. The standard InChI is InChI=1S/C7H5NS.C2H4N2O3/c8-6-9-7-4-2-1-3-5-7;3-2(5)1-4(6)7/h1-5H;1H2,(H2,3,5). The molecule has 0 atom stereocenters. The van der Waals surface area contributed by atoms with Gasteiger partial charge in [0.25, 0.3) is 12.5 Å². The lowest BCUT2D eigenvalue weighted by molar-refractivity contribution is -0.467. The van der Waals surface area contributed by atoms with Crippen LogP contribution in [0, 0.1) is 20.8 Å². The molecule has 0 heterocycles. The molecule has 1 aromatic rings. The molecule has 2 N–H and O–H groups in total. The van der Waals surface area contributed by atoms with E-state index in [0.717, 1.165) is 4.90 Å². The summed E-state index contributed by atoms with van der Waals surface area (Å²) in [5.74, 6) is -0.912. The first-order valence-electron chi connectivity index (χ1n) is 4.07. The second-order valence-electron chi connectivity index (χ2n) is 2.46. The van der Waals surface area contributed by atoms with Gasteiger partial charge < -0.3 is 5.73 Å². The molecule has 0 aliphatic heterocycles. The SMILES string of the molecule is N#CSc1ccccc1.NC(=O)C[N+](=O)[O-]. The van der Waals surface area contributed by atoms with Crippen molar-refractivity contribution in [3.8, 4) is 5.40 Å². The van der Waals surface area contributed by atoms with E-state index in [9.17, 15) is 14.9 Å². The molecule has 0 aromatic heterocycles. The maximum atomic E-state index is 9.59. The first-order valence-corrected chi connectivity index (χ1v) is 4.89. The number of nitrogens with zero attached hydrogens (tertiary/aromatic N) is 2. The van der Waals surface area contributed by atoms with Crippen molar-refractivity contribution >= 4 is 17.7 Å². The smallest absolute Gasteiger partial charge is 0.289 e. The quantitative estimate of drug-likeness (QED) is 0.366. The topological polar surface area (TPSA) is 110 Å². The molecule has 0 saturated heterocycles. The molecule has 6 nitrogen and oxygen atoms in total. The van der Waals surface area contributed by atoms with Crippen molar-refractivity contribution in [1.29, 1.82) is 5.26 Å². The van der Waals surface area contributed by atoms with Crippen molar-refractivity contribution in [2.75, 3.05) is 6.54 Å². The van der Waals surface area contributed by atoms with Crippen molar-refractivity contribution in [3.05, 3.63) is 40.4 Å². The summed E-state index contributed by atoms with van der Waals surface area (Å²) in [6, 6.07) is 9.59. The fourth-order valence-electron chi connectivity index (χ4n) is 0.668. The summed E-state index contributed by atoms with van der Waals surface area (Å²) < 4.78 is 0. The van der Waals surface area contributed by atoms with Crippen LogP contribution in [0.3, 0.4) is 0 Å². The van der Waals surface area contributed by atoms with E-state index >= 15 is 0 Å². The molecule has 1 amide bonds. The number of carbonyl (C=O) groups is 1. The van der Waals surface area contributed by atoms with E-state index in [1.807, 2.05) is 35.7 Å². The van der Waals surface area contributed by atoms with Gasteiger partial charge in [-0.2, -0.15) is 5.26 Å². The molecule has 0 fully saturated rings. The Balaban J connectivity index is 0.000000293. The van der Waals surface area contributed by atoms with Gasteiger partial charge in [-0.1, -0.05) is 18.2 Å². The van der Waals surface area contributed by atoms with Gasteiger partial charge in [0, 0.05) is 9.82 Å². The third-order valence-corrected chi connectivity index (χ3v) is 1.79. The minimum Gasteiger partial charge on any atom is -0.364 e. The van der Waals surface area contributed by atoms with Gasteiger partial charge in [0.2, 0.25) is 0 Å². The predicted molar refractivity (Wildman–Crippen MR) is 59.0 cm³/mol. The van der Waals surface area contributed by atoms with Gasteiger partial charge in [0.1, 0.15) is 5.40 Å². The number of nitrogens with two attached hydrogens (primary N) is 1. The number of primary amides is 1. The summed E-state index contributed by atoms with van der Waals surface area (Å²) in [6.07, 6.45) is 0. The third-order valence-electron chi connectivity index (χ3n) is 1.19. The normalized spacial score (nSPS) is 8.19. The number of thioether (sulfide) groups is 1. The maximum absolute atomic E-state index is 9.59. The van der Waals surface area contributed by atoms with Crippen LogP contribution < -0.4 is 5.73 Å². The average Bonchev–Trinajstić information content (AvgIpc) is 2.18. The van der Waals surface area contributed by atoms with Crippen molar-refractivity contribution in [1.82, 2.24) is 0 Å². The lowest BCUT2D eigenvalue weighted by atomic mass is 10.4. The molecule has 1 rings (SSSR count). The maximum Gasteiger partial charge on any atom is 0.289 e. The van der Waals surface area contributed by atoms with E-state index in [-0.39, 0.29) is 0 Å². The van der Waals surface area contributed by atoms with Gasteiger partial charge in [-0.3, -0.25) is 14.9 Å². The zero-order valence-electron chi connectivity index (χ0n) is 8.20. The van der Waals surface area contributed by atoms with Gasteiger partial charge in [-0.05, 0) is 23.9 Å². The van der Waals surface area contributed by atoms with Crippen molar-refractivity contribution in [3.63, 3.8) is 0 Å².